The molecular weight excluding hydrogens is 318 g/mol. The van der Waals surface area contributed by atoms with Crippen molar-refractivity contribution in [1.82, 2.24) is 0 Å². The number of fused-ring (bicyclic) bond motifs is 1. The first-order valence-electron chi connectivity index (χ1n) is 7.28. The van der Waals surface area contributed by atoms with Gasteiger partial charge in [-0.15, -0.1) is 0 Å². The van der Waals surface area contributed by atoms with Crippen LogP contribution in [0.4, 0.5) is 5.69 Å². The maximum Gasteiger partial charge on any atom is 0.336 e. The number of carbonyl (C=O) groups excluding carboxylic acids is 1. The molecule has 0 aliphatic carbocycles. The summed E-state index contributed by atoms with van der Waals surface area (Å²) in [6.45, 7) is 1.00. The van der Waals surface area contributed by atoms with Crippen molar-refractivity contribution in [3.8, 4) is 0 Å². The molecule has 0 fully saturated rings. The van der Waals surface area contributed by atoms with Crippen LogP contribution in [0.15, 0.2) is 33.5 Å². The second-order valence-corrected chi connectivity index (χ2v) is 5.50. The molecule has 1 aromatic heterocycles. The predicted molar refractivity (Wildman–Crippen MR) is 85.8 cm³/mol. The Morgan fingerprint density at radius 3 is 2.54 bits per heavy atom. The summed E-state index contributed by atoms with van der Waals surface area (Å²) >= 11 is 0. The van der Waals surface area contributed by atoms with E-state index in [1.807, 2.05) is 0 Å². The molecule has 0 aliphatic rings. The van der Waals surface area contributed by atoms with Gasteiger partial charge in [0.1, 0.15) is 36.2 Å². The lowest BCUT2D eigenvalue weighted by Crippen LogP contribution is -2.49. The monoisotopic (exact) mass is 337 g/mol. The zero-order valence-electron chi connectivity index (χ0n) is 12.9. The Kier molecular flexibility index (Phi) is 5.68. The number of benzene rings is 1. The van der Waals surface area contributed by atoms with Crippen LogP contribution in [-0.2, 0) is 4.79 Å². The maximum atomic E-state index is 11.4. The van der Waals surface area contributed by atoms with E-state index in [1.54, 1.807) is 19.1 Å². The molecule has 0 saturated carbocycles. The highest BCUT2D eigenvalue weighted by atomic mass is 16.4. The van der Waals surface area contributed by atoms with Gasteiger partial charge in [0, 0.05) is 23.2 Å². The van der Waals surface area contributed by atoms with Gasteiger partial charge in [0.05, 0.1) is 6.61 Å². The summed E-state index contributed by atoms with van der Waals surface area (Å²) in [7, 11) is 0. The second-order valence-electron chi connectivity index (χ2n) is 5.50. The van der Waals surface area contributed by atoms with Crippen molar-refractivity contribution in [1.29, 1.82) is 0 Å². The smallest absolute Gasteiger partial charge is 0.336 e. The number of nitrogens with one attached hydrogen (secondary N) is 1. The number of aldehydes is 1. The zero-order valence-corrected chi connectivity index (χ0v) is 12.9. The van der Waals surface area contributed by atoms with Gasteiger partial charge in [-0.3, -0.25) is 0 Å². The van der Waals surface area contributed by atoms with Crippen LogP contribution in [0.5, 0.6) is 0 Å². The van der Waals surface area contributed by atoms with E-state index in [-0.39, 0.29) is 0 Å². The number of carbonyl (C=O) groups is 1. The van der Waals surface area contributed by atoms with Gasteiger partial charge in [-0.25, -0.2) is 4.79 Å². The van der Waals surface area contributed by atoms with Crippen LogP contribution in [0.1, 0.15) is 5.56 Å². The minimum Gasteiger partial charge on any atom is -0.423 e. The Morgan fingerprint density at radius 1 is 1.21 bits per heavy atom. The van der Waals surface area contributed by atoms with E-state index in [0.717, 1.165) is 10.9 Å². The Labute approximate surface area is 137 Å². The van der Waals surface area contributed by atoms with Gasteiger partial charge in [-0.05, 0) is 24.6 Å². The molecule has 0 radical (unpaired) electrons. The zero-order chi connectivity index (χ0) is 17.9. The fourth-order valence-corrected chi connectivity index (χ4v) is 2.36. The van der Waals surface area contributed by atoms with E-state index in [1.165, 1.54) is 12.1 Å². The molecule has 130 valence electrons. The predicted octanol–water partition coefficient (Wildman–Crippen LogP) is -0.844. The van der Waals surface area contributed by atoms with Crippen LogP contribution in [0.25, 0.3) is 11.0 Å². The lowest BCUT2D eigenvalue weighted by atomic mass is 10.0. The number of aliphatic hydroxyl groups excluding tert-OH is 4. The molecule has 0 aliphatic heterocycles. The van der Waals surface area contributed by atoms with Crippen molar-refractivity contribution < 1.29 is 29.6 Å². The van der Waals surface area contributed by atoms with Crippen molar-refractivity contribution in [2.75, 3.05) is 11.9 Å². The van der Waals surface area contributed by atoms with E-state index in [2.05, 4.69) is 5.32 Å². The molecule has 0 bridgehead atoms. The minimum absolute atomic E-state index is 0.306. The van der Waals surface area contributed by atoms with Crippen LogP contribution in [0.2, 0.25) is 0 Å². The summed E-state index contributed by atoms with van der Waals surface area (Å²) in [5.41, 5.74) is 0.907. The maximum absolute atomic E-state index is 11.4. The average molecular weight is 337 g/mol. The first kappa shape index (κ1) is 18.1. The molecule has 1 heterocycles. The number of anilines is 1. The van der Waals surface area contributed by atoms with Crippen molar-refractivity contribution >= 4 is 22.9 Å². The van der Waals surface area contributed by atoms with E-state index >= 15 is 0 Å². The topological polar surface area (TPSA) is 140 Å². The number of rotatable bonds is 7. The molecule has 24 heavy (non-hydrogen) atoms. The van der Waals surface area contributed by atoms with Crippen LogP contribution in [-0.4, -0.2) is 57.7 Å². The molecule has 5 N–H and O–H groups in total. The summed E-state index contributed by atoms with van der Waals surface area (Å²) < 4.78 is 5.09. The summed E-state index contributed by atoms with van der Waals surface area (Å²) in [4.78, 5) is 22.6. The van der Waals surface area contributed by atoms with Crippen LogP contribution >= 0.6 is 0 Å². The summed E-state index contributed by atoms with van der Waals surface area (Å²) in [5.74, 6) is 0. The molecule has 4 atom stereocenters. The highest BCUT2D eigenvalue weighted by Crippen LogP contribution is 2.21. The van der Waals surface area contributed by atoms with E-state index in [4.69, 9.17) is 9.52 Å². The van der Waals surface area contributed by atoms with Gasteiger partial charge in [0.15, 0.2) is 0 Å². The Bertz CT molecular complexity index is 773. The minimum atomic E-state index is -1.71. The molecule has 2 aromatic rings. The highest BCUT2D eigenvalue weighted by molar-refractivity contribution is 5.83. The third kappa shape index (κ3) is 3.80. The third-order valence-corrected chi connectivity index (χ3v) is 3.73. The van der Waals surface area contributed by atoms with E-state index < -0.39 is 36.6 Å². The highest BCUT2D eigenvalue weighted by Gasteiger charge is 2.31. The second kappa shape index (κ2) is 7.54. The molecule has 8 heteroatoms. The van der Waals surface area contributed by atoms with Gasteiger partial charge < -0.3 is 35.0 Å². The number of aryl methyl sites for hydroxylation is 1. The van der Waals surface area contributed by atoms with Crippen LogP contribution in [0.3, 0.4) is 0 Å². The standard InChI is InChI=1S/C16H19NO7/c1-8-4-14(21)24-13-5-9(2-3-10(8)13)17-11(6-18)15(22)16(23)12(20)7-19/h2-6,11-12,15-17,19-20,22-23H,7H2,1H3/t11-,12+,15+,16+/m1/s1. The average Bonchev–Trinajstić information content (AvgIpc) is 2.57. The van der Waals surface area contributed by atoms with Crippen molar-refractivity contribution in [3.63, 3.8) is 0 Å². The molecule has 8 nitrogen and oxygen atoms in total. The summed E-state index contributed by atoms with van der Waals surface area (Å²) in [6.07, 6.45) is -4.57. The first-order valence-corrected chi connectivity index (χ1v) is 7.28. The molecule has 2 rings (SSSR count). The fourth-order valence-electron chi connectivity index (χ4n) is 2.36. The number of aliphatic hydroxyl groups is 4. The number of hydrogen-bond acceptors (Lipinski definition) is 8. The van der Waals surface area contributed by atoms with Crippen molar-refractivity contribution in [3.05, 3.63) is 40.2 Å². The van der Waals surface area contributed by atoms with E-state index in [0.29, 0.717) is 17.6 Å². The molecular formula is C16H19NO7. The van der Waals surface area contributed by atoms with Crippen molar-refractivity contribution in [2.45, 2.75) is 31.3 Å². The Morgan fingerprint density at radius 2 is 1.92 bits per heavy atom. The fraction of sp³-hybridized carbons (Fsp3) is 0.375. The molecule has 1 aromatic carbocycles. The lowest BCUT2D eigenvalue weighted by Gasteiger charge is -2.26. The lowest BCUT2D eigenvalue weighted by molar-refractivity contribution is -0.117. The van der Waals surface area contributed by atoms with Gasteiger partial charge >= 0.3 is 5.63 Å². The normalized spacial score (nSPS) is 16.4. The largest absolute Gasteiger partial charge is 0.423 e. The van der Waals surface area contributed by atoms with Crippen LogP contribution in [0, 0.1) is 6.92 Å². The summed E-state index contributed by atoms with van der Waals surface area (Å²) in [5, 5.41) is 41.2. The molecule has 0 spiro atoms. The molecule has 0 unspecified atom stereocenters. The number of hydrogen-bond donors (Lipinski definition) is 5. The first-order chi connectivity index (χ1) is 11.4. The quantitative estimate of drug-likeness (QED) is 0.325. The van der Waals surface area contributed by atoms with Gasteiger partial charge in [0.2, 0.25) is 0 Å². The van der Waals surface area contributed by atoms with Gasteiger partial charge in [0.25, 0.3) is 0 Å². The van der Waals surface area contributed by atoms with Gasteiger partial charge in [-0.1, -0.05) is 0 Å². The SMILES string of the molecule is Cc1cc(=O)oc2cc(N[C@H](C=O)[C@H](O)[C@@H](O)[C@@H](O)CO)ccc12. The van der Waals surface area contributed by atoms with Crippen molar-refractivity contribution in [2.24, 2.45) is 0 Å². The molecule has 0 amide bonds. The molecule has 0 saturated heterocycles. The van der Waals surface area contributed by atoms with Gasteiger partial charge in [-0.2, -0.15) is 0 Å². The van der Waals surface area contributed by atoms with E-state index in [9.17, 15) is 24.9 Å². The Balaban J connectivity index is 2.26. The Hall–Kier alpha value is -2.26. The van der Waals surface area contributed by atoms with Crippen LogP contribution < -0.4 is 10.9 Å². The third-order valence-electron chi connectivity index (χ3n) is 3.73. The summed E-state index contributed by atoms with van der Waals surface area (Å²) in [6, 6.07) is 4.91.